The Balaban J connectivity index is 0.983. The molecule has 0 saturated carbocycles. The first-order valence-corrected chi connectivity index (χ1v) is 22.2. The lowest BCUT2D eigenvalue weighted by Crippen LogP contribution is -2.11. The first-order chi connectivity index (χ1) is 30.7. The minimum atomic E-state index is 0.821. The molecule has 11 aromatic rings. The summed E-state index contributed by atoms with van der Waals surface area (Å²) in [7, 11) is 0. The van der Waals surface area contributed by atoms with Crippen molar-refractivity contribution in [1.29, 1.82) is 0 Å². The summed E-state index contributed by atoms with van der Waals surface area (Å²) in [5.41, 5.74) is 16.0. The Kier molecular flexibility index (Phi) is 9.97. The maximum absolute atomic E-state index is 2.42. The molecule has 1 heterocycles. The van der Waals surface area contributed by atoms with Gasteiger partial charge in [0.1, 0.15) is 0 Å². The van der Waals surface area contributed by atoms with Gasteiger partial charge in [-0.2, -0.15) is 0 Å². The summed E-state index contributed by atoms with van der Waals surface area (Å²) in [6.45, 7) is 0. The van der Waals surface area contributed by atoms with Gasteiger partial charge >= 0.3 is 0 Å². The van der Waals surface area contributed by atoms with Crippen LogP contribution in [-0.4, -0.2) is 0 Å². The molecule has 10 aromatic carbocycles. The van der Waals surface area contributed by atoms with E-state index in [1.807, 2.05) is 11.3 Å². The largest absolute Gasteiger partial charge is 0.310 e. The molecule has 1 nitrogen and oxygen atoms in total. The van der Waals surface area contributed by atoms with Gasteiger partial charge in [0.25, 0.3) is 0 Å². The zero-order valence-corrected chi connectivity index (χ0v) is 35.1. The third kappa shape index (κ3) is 7.36. The lowest BCUT2D eigenvalue weighted by atomic mass is 9.89. The van der Waals surface area contributed by atoms with E-state index in [4.69, 9.17) is 0 Å². The Morgan fingerprint density at radius 2 is 0.855 bits per heavy atom. The van der Waals surface area contributed by atoms with Gasteiger partial charge in [-0.1, -0.05) is 194 Å². The van der Waals surface area contributed by atoms with E-state index in [9.17, 15) is 0 Å². The van der Waals surface area contributed by atoms with Crippen LogP contribution in [0.5, 0.6) is 0 Å². The first-order valence-electron chi connectivity index (χ1n) is 21.4. The highest BCUT2D eigenvalue weighted by Crippen LogP contribution is 2.42. The lowest BCUT2D eigenvalue weighted by molar-refractivity contribution is 1.16. The zero-order valence-electron chi connectivity index (χ0n) is 34.3. The van der Waals surface area contributed by atoms with Crippen LogP contribution in [0.3, 0.4) is 0 Å². The standard InChI is InChI=1S/C60H43NS/c1-3-14-42(15-4-1)38-49-20-9-10-21-54(49)55-37-36-53(41-50(55)39-43-16-5-2-6-17-43)61(52-35-32-44-18-7-8-19-48(44)40-52)51-33-30-46(31-34-51)45-26-28-47(29-27-45)56-23-13-24-58-57-22-11-12-25-59(57)62-60(56)58/h1-37,40-41H,38-39H2. The van der Waals surface area contributed by atoms with Gasteiger partial charge in [0.2, 0.25) is 0 Å². The average molecular weight is 810 g/mol. The van der Waals surface area contributed by atoms with Crippen LogP contribution in [0.4, 0.5) is 17.1 Å². The number of hydrogen-bond acceptors (Lipinski definition) is 2. The fourth-order valence-corrected chi connectivity index (χ4v) is 10.3. The molecule has 0 amide bonds. The summed E-state index contributed by atoms with van der Waals surface area (Å²) in [6, 6.07) is 86.7. The van der Waals surface area contributed by atoms with E-state index in [0.29, 0.717) is 0 Å². The van der Waals surface area contributed by atoms with Crippen LogP contribution in [-0.2, 0) is 12.8 Å². The quantitative estimate of drug-likeness (QED) is 0.133. The van der Waals surface area contributed by atoms with Crippen LogP contribution < -0.4 is 4.90 Å². The van der Waals surface area contributed by atoms with Crippen LogP contribution in [0.2, 0.25) is 0 Å². The van der Waals surface area contributed by atoms with Crippen LogP contribution in [0.25, 0.3) is 64.3 Å². The van der Waals surface area contributed by atoms with Crippen LogP contribution in [0.1, 0.15) is 22.3 Å². The number of rotatable bonds is 10. The predicted octanol–water partition coefficient (Wildman–Crippen LogP) is 16.9. The fourth-order valence-electron chi connectivity index (χ4n) is 9.08. The number of hydrogen-bond donors (Lipinski definition) is 0. The third-order valence-corrected chi connectivity index (χ3v) is 13.4. The van der Waals surface area contributed by atoms with Crippen LogP contribution in [0.15, 0.2) is 237 Å². The van der Waals surface area contributed by atoms with Crippen molar-refractivity contribution in [2.45, 2.75) is 12.8 Å². The van der Waals surface area contributed by atoms with Gasteiger partial charge in [-0.05, 0) is 122 Å². The topological polar surface area (TPSA) is 3.24 Å². The van der Waals surface area contributed by atoms with Crippen LogP contribution >= 0.6 is 11.3 Å². The van der Waals surface area contributed by atoms with Gasteiger partial charge < -0.3 is 4.90 Å². The Labute approximate surface area is 367 Å². The monoisotopic (exact) mass is 809 g/mol. The number of thiophene rings is 1. The number of benzene rings is 10. The minimum absolute atomic E-state index is 0.821. The molecule has 294 valence electrons. The summed E-state index contributed by atoms with van der Waals surface area (Å²) < 4.78 is 2.67. The van der Waals surface area contributed by atoms with Crippen molar-refractivity contribution in [2.75, 3.05) is 4.90 Å². The predicted molar refractivity (Wildman–Crippen MR) is 266 cm³/mol. The molecule has 0 atom stereocenters. The highest BCUT2D eigenvalue weighted by Gasteiger charge is 2.18. The Hall–Kier alpha value is -7.52. The van der Waals surface area contributed by atoms with E-state index in [0.717, 1.165) is 29.9 Å². The molecule has 11 rings (SSSR count). The first kappa shape index (κ1) is 37.5. The van der Waals surface area contributed by atoms with Gasteiger partial charge in [-0.25, -0.2) is 0 Å². The Morgan fingerprint density at radius 3 is 1.63 bits per heavy atom. The van der Waals surface area contributed by atoms with Crippen molar-refractivity contribution < 1.29 is 0 Å². The molecule has 62 heavy (non-hydrogen) atoms. The van der Waals surface area contributed by atoms with Crippen molar-refractivity contribution in [3.63, 3.8) is 0 Å². The number of anilines is 3. The van der Waals surface area contributed by atoms with Gasteiger partial charge in [0, 0.05) is 37.2 Å². The van der Waals surface area contributed by atoms with Crippen molar-refractivity contribution in [3.05, 3.63) is 259 Å². The second-order valence-corrected chi connectivity index (χ2v) is 17.1. The van der Waals surface area contributed by atoms with Crippen molar-refractivity contribution in [3.8, 4) is 33.4 Å². The summed E-state index contributed by atoms with van der Waals surface area (Å²) in [4.78, 5) is 2.42. The third-order valence-electron chi connectivity index (χ3n) is 12.2. The Bertz CT molecular complexity index is 3330. The highest BCUT2D eigenvalue weighted by atomic mass is 32.1. The average Bonchev–Trinajstić information content (AvgIpc) is 3.72. The lowest BCUT2D eigenvalue weighted by Gasteiger charge is -2.27. The van der Waals surface area contributed by atoms with E-state index in [2.05, 4.69) is 241 Å². The van der Waals surface area contributed by atoms with Gasteiger partial charge in [0.15, 0.2) is 0 Å². The van der Waals surface area contributed by atoms with Crippen LogP contribution in [0, 0.1) is 0 Å². The fraction of sp³-hybridized carbons (Fsp3) is 0.0333. The maximum atomic E-state index is 2.42. The van der Waals surface area contributed by atoms with E-state index in [1.165, 1.54) is 86.6 Å². The summed E-state index contributed by atoms with van der Waals surface area (Å²) >= 11 is 1.88. The van der Waals surface area contributed by atoms with E-state index in [-0.39, 0.29) is 0 Å². The zero-order chi connectivity index (χ0) is 41.2. The summed E-state index contributed by atoms with van der Waals surface area (Å²) in [6.07, 6.45) is 1.70. The van der Waals surface area contributed by atoms with Gasteiger partial charge in [0.05, 0.1) is 0 Å². The molecule has 0 aliphatic rings. The van der Waals surface area contributed by atoms with E-state index in [1.54, 1.807) is 0 Å². The number of nitrogens with zero attached hydrogens (tertiary/aromatic N) is 1. The molecule has 1 aromatic heterocycles. The molecule has 0 aliphatic heterocycles. The second kappa shape index (κ2) is 16.5. The molecule has 0 bridgehead atoms. The maximum Gasteiger partial charge on any atom is 0.0468 e. The molecule has 0 spiro atoms. The molecule has 0 aliphatic carbocycles. The molecule has 0 N–H and O–H groups in total. The van der Waals surface area contributed by atoms with Crippen molar-refractivity contribution in [1.82, 2.24) is 0 Å². The highest BCUT2D eigenvalue weighted by molar-refractivity contribution is 7.26. The molecule has 0 unspecified atom stereocenters. The van der Waals surface area contributed by atoms with Crippen molar-refractivity contribution >= 4 is 59.3 Å². The normalized spacial score (nSPS) is 11.4. The number of fused-ring (bicyclic) bond motifs is 4. The minimum Gasteiger partial charge on any atom is -0.310 e. The van der Waals surface area contributed by atoms with Crippen molar-refractivity contribution in [2.24, 2.45) is 0 Å². The smallest absolute Gasteiger partial charge is 0.0468 e. The van der Waals surface area contributed by atoms with Gasteiger partial charge in [-0.3, -0.25) is 0 Å². The molecule has 0 saturated heterocycles. The Morgan fingerprint density at radius 1 is 0.323 bits per heavy atom. The molecule has 0 fully saturated rings. The SMILES string of the molecule is c1ccc(Cc2ccccc2-c2ccc(N(c3ccc(-c4ccc(-c5cccc6c5sc5ccccc56)cc4)cc3)c3ccc4ccccc4c3)cc2Cc2ccccc2)cc1. The second-order valence-electron chi connectivity index (χ2n) is 16.1. The summed E-state index contributed by atoms with van der Waals surface area (Å²) in [5, 5.41) is 5.10. The molecule has 0 radical (unpaired) electrons. The van der Waals surface area contributed by atoms with E-state index >= 15 is 0 Å². The van der Waals surface area contributed by atoms with E-state index < -0.39 is 0 Å². The molecular formula is C60H43NS. The van der Waals surface area contributed by atoms with Gasteiger partial charge in [-0.15, -0.1) is 11.3 Å². The molecule has 2 heteroatoms. The summed E-state index contributed by atoms with van der Waals surface area (Å²) in [5.74, 6) is 0. The molecular weight excluding hydrogens is 767 g/mol.